The summed E-state index contributed by atoms with van der Waals surface area (Å²) >= 11 is 0. The molecule has 0 saturated carbocycles. The van der Waals surface area contributed by atoms with Gasteiger partial charge in [-0.25, -0.2) is 17.5 Å². The smallest absolute Gasteiger partial charge is 0.276 e. The largest absolute Gasteiger partial charge is 0.489 e. The highest BCUT2D eigenvalue weighted by atomic mass is 32.2. The Kier molecular flexibility index (Phi) is 6.08. The van der Waals surface area contributed by atoms with E-state index in [0.717, 1.165) is 6.42 Å². The average molecular weight is 521 g/mol. The number of aryl methyl sites for hydroxylation is 2. The van der Waals surface area contributed by atoms with Crippen molar-refractivity contribution in [1.29, 1.82) is 0 Å². The van der Waals surface area contributed by atoms with Gasteiger partial charge in [-0.15, -0.1) is 0 Å². The van der Waals surface area contributed by atoms with Gasteiger partial charge in [-0.1, -0.05) is 0 Å². The molecule has 5 rings (SSSR count). The Balaban J connectivity index is 1.40. The second kappa shape index (κ2) is 8.86. The Morgan fingerprint density at radius 1 is 1.28 bits per heavy atom. The van der Waals surface area contributed by atoms with E-state index in [4.69, 9.17) is 9.47 Å². The Bertz CT molecular complexity index is 1330. The van der Waals surface area contributed by atoms with Crippen LogP contribution in [0.15, 0.2) is 29.3 Å². The van der Waals surface area contributed by atoms with E-state index < -0.39 is 33.4 Å². The molecule has 0 bridgehead atoms. The fourth-order valence-electron chi connectivity index (χ4n) is 5.16. The molecule has 1 unspecified atom stereocenters. The van der Waals surface area contributed by atoms with Gasteiger partial charge in [0.05, 0.1) is 6.61 Å². The predicted octanol–water partition coefficient (Wildman–Crippen LogP) is 1.79. The van der Waals surface area contributed by atoms with Gasteiger partial charge in [-0.05, 0) is 50.5 Å². The zero-order valence-corrected chi connectivity index (χ0v) is 21.2. The first kappa shape index (κ1) is 24.7. The van der Waals surface area contributed by atoms with Crippen LogP contribution in [0.25, 0.3) is 0 Å². The zero-order valence-electron chi connectivity index (χ0n) is 20.3. The Labute approximate surface area is 208 Å². The van der Waals surface area contributed by atoms with Crippen LogP contribution in [0.1, 0.15) is 35.8 Å². The number of hydrogen-bond donors (Lipinski definition) is 2. The number of aromatic nitrogens is 1. The van der Waals surface area contributed by atoms with E-state index in [1.165, 1.54) is 29.0 Å². The molecule has 2 N–H and O–H groups in total. The van der Waals surface area contributed by atoms with Crippen molar-refractivity contribution in [3.63, 3.8) is 0 Å². The molecule has 1 aromatic heterocycles. The van der Waals surface area contributed by atoms with Crippen LogP contribution >= 0.6 is 0 Å². The van der Waals surface area contributed by atoms with Gasteiger partial charge in [-0.3, -0.25) is 9.59 Å². The highest BCUT2D eigenvalue weighted by Crippen LogP contribution is 2.36. The van der Waals surface area contributed by atoms with Gasteiger partial charge >= 0.3 is 0 Å². The molecule has 2 amide bonds. The number of carbonyl (C=O) groups excluding carboxylic acids is 2. The molecule has 4 heterocycles. The summed E-state index contributed by atoms with van der Waals surface area (Å²) in [6.07, 6.45) is 2.75. The lowest BCUT2D eigenvalue weighted by molar-refractivity contribution is -0.150. The van der Waals surface area contributed by atoms with E-state index in [-0.39, 0.29) is 41.3 Å². The van der Waals surface area contributed by atoms with Gasteiger partial charge in [0.1, 0.15) is 16.3 Å². The molecule has 36 heavy (non-hydrogen) atoms. The van der Waals surface area contributed by atoms with Crippen molar-refractivity contribution in [3.8, 4) is 5.75 Å². The lowest BCUT2D eigenvalue weighted by atomic mass is 10.0. The fourth-order valence-corrected chi connectivity index (χ4v) is 6.65. The number of likely N-dealkylation sites (tertiary alicyclic amines) is 1. The normalized spacial score (nSPS) is 26.9. The van der Waals surface area contributed by atoms with E-state index in [1.54, 1.807) is 25.8 Å². The summed E-state index contributed by atoms with van der Waals surface area (Å²) in [5.74, 6) is -1.51. The molecule has 2 saturated heterocycles. The molecule has 2 aromatic rings. The number of carbonyl (C=O) groups is 2. The maximum absolute atomic E-state index is 13.6. The number of nitrogens with one attached hydrogen (secondary N) is 2. The van der Waals surface area contributed by atoms with Crippen molar-refractivity contribution in [2.75, 3.05) is 31.6 Å². The third-order valence-corrected chi connectivity index (χ3v) is 8.65. The van der Waals surface area contributed by atoms with E-state index in [2.05, 4.69) is 10.0 Å². The van der Waals surface area contributed by atoms with Crippen molar-refractivity contribution in [2.45, 2.75) is 43.2 Å². The van der Waals surface area contributed by atoms with Gasteiger partial charge in [0.2, 0.25) is 10.0 Å². The van der Waals surface area contributed by atoms with E-state index in [1.807, 2.05) is 0 Å². The van der Waals surface area contributed by atoms with E-state index >= 15 is 0 Å². The third kappa shape index (κ3) is 4.27. The van der Waals surface area contributed by atoms with Gasteiger partial charge in [0.25, 0.3) is 11.8 Å². The molecule has 0 spiro atoms. The highest BCUT2D eigenvalue weighted by Gasteiger charge is 2.47. The van der Waals surface area contributed by atoms with Crippen LogP contribution in [0.2, 0.25) is 0 Å². The van der Waals surface area contributed by atoms with Gasteiger partial charge < -0.3 is 24.3 Å². The van der Waals surface area contributed by atoms with Crippen LogP contribution in [-0.2, 0) is 26.6 Å². The molecule has 3 aliphatic rings. The summed E-state index contributed by atoms with van der Waals surface area (Å²) in [5, 5.41) is 2.68. The molecule has 0 radical (unpaired) electrons. The number of nitrogens with zero attached hydrogens (tertiary/aromatic N) is 2. The summed E-state index contributed by atoms with van der Waals surface area (Å²) in [5.41, 5.74) is -0.142. The van der Waals surface area contributed by atoms with Crippen LogP contribution in [0.5, 0.6) is 5.75 Å². The second-order valence-corrected chi connectivity index (χ2v) is 11.6. The van der Waals surface area contributed by atoms with Crippen LogP contribution in [0, 0.1) is 18.7 Å². The summed E-state index contributed by atoms with van der Waals surface area (Å²) in [7, 11) is -2.50. The average Bonchev–Trinajstić information content (AvgIpc) is 3.51. The van der Waals surface area contributed by atoms with E-state index in [0.29, 0.717) is 30.8 Å². The van der Waals surface area contributed by atoms with Crippen molar-refractivity contribution in [1.82, 2.24) is 14.2 Å². The summed E-state index contributed by atoms with van der Waals surface area (Å²) in [6.45, 7) is 4.51. The molecule has 12 heteroatoms. The zero-order chi connectivity index (χ0) is 25.8. The maximum Gasteiger partial charge on any atom is 0.276 e. The molecule has 3 atom stereocenters. The van der Waals surface area contributed by atoms with Crippen molar-refractivity contribution >= 4 is 27.5 Å². The minimum Gasteiger partial charge on any atom is -0.489 e. The number of hydrogen-bond acceptors (Lipinski definition) is 6. The number of anilines is 1. The first-order valence-electron chi connectivity index (χ1n) is 11.8. The van der Waals surface area contributed by atoms with Crippen LogP contribution in [0.4, 0.5) is 10.1 Å². The van der Waals surface area contributed by atoms with Crippen molar-refractivity contribution in [3.05, 3.63) is 41.5 Å². The number of fused-ring (bicyclic) bond motifs is 2. The lowest BCUT2D eigenvalue weighted by Gasteiger charge is -2.28. The number of halogens is 1. The number of ether oxygens (including phenoxy) is 2. The molecule has 10 nitrogen and oxygen atoms in total. The molecule has 3 aliphatic heterocycles. The van der Waals surface area contributed by atoms with Gasteiger partial charge in [-0.2, -0.15) is 0 Å². The Morgan fingerprint density at radius 2 is 2.06 bits per heavy atom. The van der Waals surface area contributed by atoms with Crippen molar-refractivity contribution in [2.24, 2.45) is 13.0 Å². The molecule has 194 valence electrons. The fraction of sp³-hybridized carbons (Fsp3) is 0.500. The number of benzene rings is 1. The summed E-state index contributed by atoms with van der Waals surface area (Å²) in [6, 6.07) is 3.63. The standard InChI is InChI=1S/C24H29FN4O6S/c1-14-9-16(5-6-17(14)25)26-22(30)20-21-19(12-28(20)3)36(32,33)27-18-11-29(10-15(18)13-34-21)23(31)24(2)7-4-8-35-24/h5-6,9,12,15,18,27H,4,7-8,10-11,13H2,1-3H3,(H,26,30)/t15-,18+,24?/m0/s1. The topological polar surface area (TPSA) is 119 Å². The highest BCUT2D eigenvalue weighted by molar-refractivity contribution is 7.89. The van der Waals surface area contributed by atoms with Gasteiger partial charge in [0, 0.05) is 50.6 Å². The Hall–Kier alpha value is -2.96. The summed E-state index contributed by atoms with van der Waals surface area (Å²) in [4.78, 5) is 27.7. The summed E-state index contributed by atoms with van der Waals surface area (Å²) < 4.78 is 56.0. The maximum atomic E-state index is 13.6. The quantitative estimate of drug-likeness (QED) is 0.637. The molecule has 2 fully saturated rings. The second-order valence-electron chi connectivity index (χ2n) is 9.89. The van der Waals surface area contributed by atoms with Crippen LogP contribution in [0.3, 0.4) is 0 Å². The van der Waals surface area contributed by atoms with Crippen LogP contribution in [-0.4, -0.2) is 67.6 Å². The van der Waals surface area contributed by atoms with Crippen molar-refractivity contribution < 1.29 is 31.9 Å². The monoisotopic (exact) mass is 520 g/mol. The first-order valence-corrected chi connectivity index (χ1v) is 13.3. The first-order chi connectivity index (χ1) is 17.0. The number of rotatable bonds is 3. The predicted molar refractivity (Wildman–Crippen MR) is 128 cm³/mol. The minimum atomic E-state index is -4.05. The number of sulfonamides is 1. The van der Waals surface area contributed by atoms with Gasteiger partial charge in [0.15, 0.2) is 11.4 Å². The molecule has 1 aromatic carbocycles. The molecule has 0 aliphatic carbocycles. The lowest BCUT2D eigenvalue weighted by Crippen LogP contribution is -2.47. The molecular weight excluding hydrogens is 491 g/mol. The number of amides is 2. The van der Waals surface area contributed by atoms with E-state index in [9.17, 15) is 22.4 Å². The minimum absolute atomic E-state index is 0.0219. The Morgan fingerprint density at radius 3 is 2.75 bits per heavy atom. The van der Waals surface area contributed by atoms with Crippen LogP contribution < -0.4 is 14.8 Å². The third-order valence-electron chi connectivity index (χ3n) is 7.17. The molecular formula is C24H29FN4O6S. The SMILES string of the molecule is Cc1cc(NC(=O)c2c3c(cn2C)S(=O)(=O)N[C@@H]2CN(C(=O)C4(C)CCCO4)C[C@H]2CO3)ccc1F.